The molecule has 0 aliphatic heterocycles. The van der Waals surface area contributed by atoms with Gasteiger partial charge in [-0.15, -0.1) is 0 Å². The third-order valence-corrected chi connectivity index (χ3v) is 1.41. The fraction of sp³-hybridized carbons (Fsp3) is 0.750. The average molecular weight is 188 g/mol. The van der Waals surface area contributed by atoms with Gasteiger partial charge in [0.25, 0.3) is 0 Å². The van der Waals surface area contributed by atoms with Gasteiger partial charge < -0.3 is 15.7 Å². The molecule has 0 radical (unpaired) electrons. The molecule has 1 amide bonds. The fourth-order valence-electron chi connectivity index (χ4n) is 0.799. The molecule has 0 aromatic rings. The predicted molar refractivity (Wildman–Crippen MR) is 48.4 cm³/mol. The molecule has 0 bridgehead atoms. The number of carboxylic acid groups (broad SMARTS) is 1. The van der Waals surface area contributed by atoms with E-state index in [1.165, 1.54) is 6.92 Å². The van der Waals surface area contributed by atoms with Gasteiger partial charge in [0.2, 0.25) is 5.91 Å². The van der Waals surface area contributed by atoms with Crippen LogP contribution < -0.4 is 10.6 Å². The molecule has 0 aromatic carbocycles. The van der Waals surface area contributed by atoms with Crippen molar-refractivity contribution in [3.05, 3.63) is 0 Å². The second-order valence-electron chi connectivity index (χ2n) is 3.15. The molecule has 76 valence electrons. The van der Waals surface area contributed by atoms with Crippen LogP contribution in [-0.2, 0) is 9.59 Å². The molecular formula is C8H16N2O3. The first-order valence-electron chi connectivity index (χ1n) is 4.16. The van der Waals surface area contributed by atoms with Gasteiger partial charge in [0.15, 0.2) is 0 Å². The van der Waals surface area contributed by atoms with Crippen LogP contribution in [0, 0.1) is 0 Å². The van der Waals surface area contributed by atoms with Gasteiger partial charge in [-0.05, 0) is 0 Å². The molecule has 1 unspecified atom stereocenters. The Kier molecular flexibility index (Phi) is 5.06. The summed E-state index contributed by atoms with van der Waals surface area (Å²) >= 11 is 0. The van der Waals surface area contributed by atoms with E-state index in [-0.39, 0.29) is 18.5 Å². The molecule has 3 N–H and O–H groups in total. The third kappa shape index (κ3) is 6.10. The van der Waals surface area contributed by atoms with Crippen LogP contribution in [0.5, 0.6) is 0 Å². The second-order valence-corrected chi connectivity index (χ2v) is 3.15. The van der Waals surface area contributed by atoms with E-state index in [0.717, 1.165) is 0 Å². The summed E-state index contributed by atoms with van der Waals surface area (Å²) in [5, 5.41) is 14.0. The molecule has 0 fully saturated rings. The van der Waals surface area contributed by atoms with Crippen molar-refractivity contribution < 1.29 is 14.7 Å². The molecule has 0 rings (SSSR count). The zero-order valence-electron chi connectivity index (χ0n) is 8.13. The van der Waals surface area contributed by atoms with E-state index >= 15 is 0 Å². The summed E-state index contributed by atoms with van der Waals surface area (Å²) in [6, 6.07) is -0.643. The predicted octanol–water partition coefficient (Wildman–Crippen LogP) is -0.426. The van der Waals surface area contributed by atoms with Gasteiger partial charge in [0.05, 0.1) is 0 Å². The first-order chi connectivity index (χ1) is 5.93. The van der Waals surface area contributed by atoms with E-state index in [2.05, 4.69) is 10.6 Å². The smallest absolute Gasteiger partial charge is 0.327 e. The monoisotopic (exact) mass is 188 g/mol. The van der Waals surface area contributed by atoms with Gasteiger partial charge in [-0.3, -0.25) is 4.79 Å². The van der Waals surface area contributed by atoms with E-state index in [1.807, 2.05) is 13.8 Å². The Morgan fingerprint density at radius 3 is 2.23 bits per heavy atom. The molecular weight excluding hydrogens is 172 g/mol. The Balaban J connectivity index is 3.95. The Morgan fingerprint density at radius 2 is 1.92 bits per heavy atom. The van der Waals surface area contributed by atoms with Crippen LogP contribution in [0.4, 0.5) is 0 Å². The molecule has 0 saturated heterocycles. The molecule has 0 aliphatic carbocycles. The number of carboxylic acids is 1. The summed E-state index contributed by atoms with van der Waals surface area (Å²) in [6.45, 7) is 5.36. The number of aliphatic carboxylic acids is 1. The SMILES string of the molecule is CC(=O)NC(CNC(C)C)C(=O)O. The van der Waals surface area contributed by atoms with Crippen molar-refractivity contribution in [2.75, 3.05) is 6.54 Å². The van der Waals surface area contributed by atoms with E-state index in [4.69, 9.17) is 5.11 Å². The topological polar surface area (TPSA) is 78.4 Å². The van der Waals surface area contributed by atoms with Gasteiger partial charge in [0, 0.05) is 19.5 Å². The molecule has 13 heavy (non-hydrogen) atoms. The quantitative estimate of drug-likeness (QED) is 0.547. The number of rotatable bonds is 5. The number of hydrogen-bond acceptors (Lipinski definition) is 3. The fourth-order valence-corrected chi connectivity index (χ4v) is 0.799. The lowest BCUT2D eigenvalue weighted by molar-refractivity contribution is -0.141. The summed E-state index contributed by atoms with van der Waals surface area (Å²) < 4.78 is 0. The third-order valence-electron chi connectivity index (χ3n) is 1.41. The number of carbonyl (C=O) groups excluding carboxylic acids is 1. The summed E-state index contributed by atoms with van der Waals surface area (Å²) in [6.07, 6.45) is 0. The second kappa shape index (κ2) is 5.53. The molecule has 0 aromatic heterocycles. The number of amides is 1. The van der Waals surface area contributed by atoms with Crippen molar-refractivity contribution in [3.63, 3.8) is 0 Å². The van der Waals surface area contributed by atoms with E-state index < -0.39 is 12.0 Å². The first-order valence-corrected chi connectivity index (χ1v) is 4.16. The highest BCUT2D eigenvalue weighted by Crippen LogP contribution is 1.85. The number of hydrogen-bond donors (Lipinski definition) is 3. The zero-order valence-corrected chi connectivity index (χ0v) is 8.13. The lowest BCUT2D eigenvalue weighted by Crippen LogP contribution is -2.47. The van der Waals surface area contributed by atoms with Crippen molar-refractivity contribution in [1.29, 1.82) is 0 Å². The largest absolute Gasteiger partial charge is 0.480 e. The molecule has 1 atom stereocenters. The van der Waals surface area contributed by atoms with Crippen molar-refractivity contribution >= 4 is 11.9 Å². The molecule has 0 heterocycles. The van der Waals surface area contributed by atoms with Crippen LogP contribution in [0.15, 0.2) is 0 Å². The summed E-state index contributed by atoms with van der Waals surface area (Å²) in [4.78, 5) is 21.2. The van der Waals surface area contributed by atoms with Crippen molar-refractivity contribution in [2.24, 2.45) is 0 Å². The lowest BCUT2D eigenvalue weighted by Gasteiger charge is -2.15. The maximum absolute atomic E-state index is 10.6. The minimum atomic E-state index is -1.02. The van der Waals surface area contributed by atoms with E-state index in [0.29, 0.717) is 0 Å². The number of nitrogens with one attached hydrogen (secondary N) is 2. The van der Waals surface area contributed by atoms with Crippen molar-refractivity contribution in [1.82, 2.24) is 10.6 Å². The summed E-state index contributed by atoms with van der Waals surface area (Å²) in [5.41, 5.74) is 0. The summed E-state index contributed by atoms with van der Waals surface area (Å²) in [5.74, 6) is -1.36. The highest BCUT2D eigenvalue weighted by Gasteiger charge is 2.17. The molecule has 5 nitrogen and oxygen atoms in total. The van der Waals surface area contributed by atoms with Crippen molar-refractivity contribution in [2.45, 2.75) is 32.9 Å². The summed E-state index contributed by atoms with van der Waals surface area (Å²) in [7, 11) is 0. The van der Waals surface area contributed by atoms with Gasteiger partial charge >= 0.3 is 5.97 Å². The van der Waals surface area contributed by atoms with Crippen LogP contribution in [0.2, 0.25) is 0 Å². The van der Waals surface area contributed by atoms with E-state index in [1.54, 1.807) is 0 Å². The van der Waals surface area contributed by atoms with Crippen LogP contribution in [0.25, 0.3) is 0 Å². The zero-order chi connectivity index (χ0) is 10.4. The van der Waals surface area contributed by atoms with Crippen LogP contribution >= 0.6 is 0 Å². The molecule has 0 saturated carbocycles. The van der Waals surface area contributed by atoms with Crippen LogP contribution in [0.3, 0.4) is 0 Å². The molecule has 5 heteroatoms. The Labute approximate surface area is 77.5 Å². The minimum Gasteiger partial charge on any atom is -0.480 e. The average Bonchev–Trinajstić information content (AvgIpc) is 1.96. The van der Waals surface area contributed by atoms with Gasteiger partial charge in [0.1, 0.15) is 6.04 Å². The minimum absolute atomic E-state index is 0.204. The van der Waals surface area contributed by atoms with Gasteiger partial charge in [-0.2, -0.15) is 0 Å². The molecule has 0 aliphatic rings. The normalized spacial score (nSPS) is 12.6. The molecule has 0 spiro atoms. The Bertz CT molecular complexity index is 192. The maximum atomic E-state index is 10.6. The van der Waals surface area contributed by atoms with Crippen molar-refractivity contribution in [3.8, 4) is 0 Å². The van der Waals surface area contributed by atoms with Gasteiger partial charge in [-0.25, -0.2) is 4.79 Å². The van der Waals surface area contributed by atoms with Gasteiger partial charge in [-0.1, -0.05) is 13.8 Å². The highest BCUT2D eigenvalue weighted by molar-refractivity contribution is 5.82. The van der Waals surface area contributed by atoms with Crippen LogP contribution in [0.1, 0.15) is 20.8 Å². The highest BCUT2D eigenvalue weighted by atomic mass is 16.4. The number of carbonyl (C=O) groups is 2. The van der Waals surface area contributed by atoms with Crippen LogP contribution in [-0.4, -0.2) is 35.6 Å². The maximum Gasteiger partial charge on any atom is 0.327 e. The Hall–Kier alpha value is -1.10. The lowest BCUT2D eigenvalue weighted by atomic mass is 10.2. The Morgan fingerprint density at radius 1 is 1.38 bits per heavy atom. The van der Waals surface area contributed by atoms with E-state index in [9.17, 15) is 9.59 Å². The first kappa shape index (κ1) is 11.9. The standard InChI is InChI=1S/C8H16N2O3/c1-5(2)9-4-7(8(12)13)10-6(3)11/h5,7,9H,4H2,1-3H3,(H,10,11)(H,12,13).